The molecule has 2 aliphatic rings. The first-order chi connectivity index (χ1) is 9.58. The molecule has 2 unspecified atom stereocenters. The Morgan fingerprint density at radius 3 is 2.90 bits per heavy atom. The topological polar surface area (TPSA) is 43.4 Å². The second kappa shape index (κ2) is 5.68. The molecule has 3 rings (SSSR count). The van der Waals surface area contributed by atoms with Gasteiger partial charge in [-0.1, -0.05) is 34.5 Å². The molecule has 0 spiro atoms. The van der Waals surface area contributed by atoms with Crippen molar-refractivity contribution in [2.24, 2.45) is 0 Å². The van der Waals surface area contributed by atoms with Crippen LogP contribution in [0, 0.1) is 0 Å². The number of rotatable bonds is 2. The molecule has 2 aliphatic heterocycles. The molecule has 0 N–H and O–H groups in total. The monoisotopic (exact) mass is 358 g/mol. The average molecular weight is 359 g/mol. The third-order valence-corrected chi connectivity index (χ3v) is 8.01. The zero-order valence-electron chi connectivity index (χ0n) is 11.3. The van der Waals surface area contributed by atoms with Crippen LogP contribution in [0.2, 0.25) is 0 Å². The Morgan fingerprint density at radius 1 is 1.25 bits per heavy atom. The smallest absolute Gasteiger partial charge is 0.154 e. The lowest BCUT2D eigenvalue weighted by molar-refractivity contribution is 0.288. The van der Waals surface area contributed by atoms with Gasteiger partial charge in [0.15, 0.2) is 9.84 Å². The second-order valence-corrected chi connectivity index (χ2v) is 8.95. The number of benzene rings is 1. The number of ether oxygens (including phenoxy) is 1. The first kappa shape index (κ1) is 14.4. The van der Waals surface area contributed by atoms with Crippen LogP contribution in [0.3, 0.4) is 0 Å². The Bertz CT molecular complexity index is 597. The van der Waals surface area contributed by atoms with Gasteiger partial charge < -0.3 is 4.74 Å². The lowest BCUT2D eigenvalue weighted by Crippen LogP contribution is -2.31. The largest absolute Gasteiger partial charge is 0.493 e. The number of hydrogen-bond acceptors (Lipinski definition) is 3. The van der Waals surface area contributed by atoms with Gasteiger partial charge in [-0.15, -0.1) is 0 Å². The van der Waals surface area contributed by atoms with Crippen LogP contribution in [0.4, 0.5) is 0 Å². The van der Waals surface area contributed by atoms with Crippen LogP contribution in [0.1, 0.15) is 41.6 Å². The molecule has 0 amide bonds. The van der Waals surface area contributed by atoms with Crippen molar-refractivity contribution in [1.29, 1.82) is 0 Å². The third-order valence-electron chi connectivity index (χ3n) is 4.21. The Morgan fingerprint density at radius 2 is 2.10 bits per heavy atom. The molecule has 0 aliphatic carbocycles. The zero-order valence-corrected chi connectivity index (χ0v) is 13.7. The quantitative estimate of drug-likeness (QED) is 0.760. The number of halogens is 1. The van der Waals surface area contributed by atoms with Crippen LogP contribution in [0.5, 0.6) is 5.75 Å². The van der Waals surface area contributed by atoms with Crippen molar-refractivity contribution >= 4 is 25.8 Å². The molecule has 1 aromatic carbocycles. The third kappa shape index (κ3) is 2.75. The standard InChI is InChI=1S/C15H19BrO3S/c16-15(14-5-1-2-9-20(14,17)18)12-6-7-13-11(10-12)4-3-8-19-13/h6-7,10,14-15H,1-5,8-9H2. The van der Waals surface area contributed by atoms with Gasteiger partial charge in [-0.2, -0.15) is 0 Å². The minimum Gasteiger partial charge on any atom is -0.493 e. The fourth-order valence-electron chi connectivity index (χ4n) is 3.07. The van der Waals surface area contributed by atoms with Gasteiger partial charge in [0.25, 0.3) is 0 Å². The normalized spacial score (nSPS) is 26.4. The summed E-state index contributed by atoms with van der Waals surface area (Å²) >= 11 is 3.63. The highest BCUT2D eigenvalue weighted by Gasteiger charge is 2.35. The minimum absolute atomic E-state index is 0.111. The predicted molar refractivity (Wildman–Crippen MR) is 83.4 cm³/mol. The molecule has 0 radical (unpaired) electrons. The summed E-state index contributed by atoms with van der Waals surface area (Å²) < 4.78 is 30.1. The van der Waals surface area contributed by atoms with Crippen molar-refractivity contribution < 1.29 is 13.2 Å². The van der Waals surface area contributed by atoms with Crippen LogP contribution in [0.25, 0.3) is 0 Å². The van der Waals surface area contributed by atoms with Crippen molar-refractivity contribution in [3.63, 3.8) is 0 Å². The number of sulfone groups is 1. The van der Waals surface area contributed by atoms with Crippen molar-refractivity contribution in [3.05, 3.63) is 29.3 Å². The van der Waals surface area contributed by atoms with E-state index in [-0.39, 0.29) is 10.1 Å². The first-order valence-corrected chi connectivity index (χ1v) is 9.82. The maximum absolute atomic E-state index is 12.2. The lowest BCUT2D eigenvalue weighted by atomic mass is 9.99. The summed E-state index contributed by atoms with van der Waals surface area (Å²) in [5, 5.41) is -0.293. The fraction of sp³-hybridized carbons (Fsp3) is 0.600. The summed E-state index contributed by atoms with van der Waals surface area (Å²) in [4.78, 5) is -0.111. The van der Waals surface area contributed by atoms with E-state index >= 15 is 0 Å². The molecule has 1 saturated heterocycles. The van der Waals surface area contributed by atoms with Crippen LogP contribution in [0.15, 0.2) is 18.2 Å². The Balaban J connectivity index is 1.88. The summed E-state index contributed by atoms with van der Waals surface area (Å²) in [5.74, 6) is 1.28. The van der Waals surface area contributed by atoms with E-state index in [1.807, 2.05) is 12.1 Å². The SMILES string of the molecule is O=S1(=O)CCCCC1C(Br)c1ccc2c(c1)CCCO2. The van der Waals surface area contributed by atoms with Crippen LogP contribution in [-0.4, -0.2) is 26.0 Å². The van der Waals surface area contributed by atoms with Crippen molar-refractivity contribution in [2.45, 2.75) is 42.2 Å². The van der Waals surface area contributed by atoms with E-state index in [4.69, 9.17) is 4.74 Å². The molecule has 2 heterocycles. The maximum atomic E-state index is 12.2. The average Bonchev–Trinajstić information content (AvgIpc) is 2.45. The molecule has 0 saturated carbocycles. The van der Waals surface area contributed by atoms with Crippen molar-refractivity contribution in [1.82, 2.24) is 0 Å². The summed E-state index contributed by atoms with van der Waals surface area (Å²) in [7, 11) is -2.97. The fourth-order valence-corrected chi connectivity index (χ4v) is 6.57. The van der Waals surface area contributed by atoms with Gasteiger partial charge in [-0.05, 0) is 42.9 Å². The van der Waals surface area contributed by atoms with Gasteiger partial charge in [-0.25, -0.2) is 8.42 Å². The molecule has 5 heteroatoms. The van der Waals surface area contributed by atoms with Gasteiger partial charge in [0.2, 0.25) is 0 Å². The lowest BCUT2D eigenvalue weighted by Gasteiger charge is -2.27. The van der Waals surface area contributed by atoms with Gasteiger partial charge in [0, 0.05) is 0 Å². The van der Waals surface area contributed by atoms with Gasteiger partial charge >= 0.3 is 0 Å². The Kier molecular flexibility index (Phi) is 4.09. The number of fused-ring (bicyclic) bond motifs is 1. The van der Waals surface area contributed by atoms with Gasteiger partial charge in [-0.3, -0.25) is 0 Å². The van der Waals surface area contributed by atoms with Crippen molar-refractivity contribution in [3.8, 4) is 5.75 Å². The molecule has 20 heavy (non-hydrogen) atoms. The molecular weight excluding hydrogens is 340 g/mol. The summed E-state index contributed by atoms with van der Waals surface area (Å²) in [6, 6.07) is 6.08. The number of aryl methyl sites for hydroxylation is 1. The molecule has 3 nitrogen and oxygen atoms in total. The van der Waals surface area contributed by atoms with Crippen LogP contribution in [-0.2, 0) is 16.3 Å². The van der Waals surface area contributed by atoms with Crippen LogP contribution >= 0.6 is 15.9 Å². The molecular formula is C15H19BrO3S. The second-order valence-electron chi connectivity index (χ2n) is 5.62. The van der Waals surface area contributed by atoms with E-state index in [0.29, 0.717) is 5.75 Å². The number of alkyl halides is 1. The van der Waals surface area contributed by atoms with Crippen molar-refractivity contribution in [2.75, 3.05) is 12.4 Å². The van der Waals surface area contributed by atoms with E-state index < -0.39 is 9.84 Å². The molecule has 0 aromatic heterocycles. The Labute approximate surface area is 128 Å². The van der Waals surface area contributed by atoms with E-state index in [1.165, 1.54) is 5.56 Å². The summed E-state index contributed by atoms with van der Waals surface area (Å²) in [6.45, 7) is 0.779. The minimum atomic E-state index is -2.97. The number of hydrogen-bond donors (Lipinski definition) is 0. The zero-order chi connectivity index (χ0) is 14.2. The predicted octanol–water partition coefficient (Wildman–Crippen LogP) is 3.41. The van der Waals surface area contributed by atoms with E-state index in [0.717, 1.165) is 50.0 Å². The molecule has 0 bridgehead atoms. The van der Waals surface area contributed by atoms with Crippen LogP contribution < -0.4 is 4.74 Å². The Hall–Kier alpha value is -0.550. The molecule has 110 valence electrons. The first-order valence-electron chi connectivity index (χ1n) is 7.19. The van der Waals surface area contributed by atoms with E-state index in [9.17, 15) is 8.42 Å². The van der Waals surface area contributed by atoms with E-state index in [1.54, 1.807) is 0 Å². The van der Waals surface area contributed by atoms with Gasteiger partial charge in [0.05, 0.1) is 22.4 Å². The molecule has 1 fully saturated rings. The molecule has 1 aromatic rings. The highest BCUT2D eigenvalue weighted by atomic mass is 79.9. The maximum Gasteiger partial charge on any atom is 0.154 e. The summed E-state index contributed by atoms with van der Waals surface area (Å²) in [6.07, 6.45) is 4.61. The van der Waals surface area contributed by atoms with Gasteiger partial charge in [0.1, 0.15) is 5.75 Å². The highest BCUT2D eigenvalue weighted by Crippen LogP contribution is 2.38. The highest BCUT2D eigenvalue weighted by molar-refractivity contribution is 9.09. The summed E-state index contributed by atoms with van der Waals surface area (Å²) in [5.41, 5.74) is 2.26. The van der Waals surface area contributed by atoms with E-state index in [2.05, 4.69) is 22.0 Å². The molecule has 2 atom stereocenters.